The largest absolute Gasteiger partial charge is 0.463 e. The van der Waals surface area contributed by atoms with Crippen molar-refractivity contribution in [2.75, 3.05) is 46.4 Å². The second-order valence-electron chi connectivity index (χ2n) is 9.52. The highest BCUT2D eigenvalue weighted by Crippen LogP contribution is 2.32. The number of benzene rings is 1. The van der Waals surface area contributed by atoms with Crippen molar-refractivity contribution in [2.45, 2.75) is 39.3 Å². The molecule has 0 radical (unpaired) electrons. The third-order valence-corrected chi connectivity index (χ3v) is 5.77. The summed E-state index contributed by atoms with van der Waals surface area (Å²) in [5, 5.41) is 5.76. The highest BCUT2D eigenvalue weighted by Gasteiger charge is 2.38. The van der Waals surface area contributed by atoms with Crippen molar-refractivity contribution in [3.63, 3.8) is 0 Å². The van der Waals surface area contributed by atoms with Crippen LogP contribution in [-0.2, 0) is 9.53 Å². The Labute approximate surface area is 199 Å². The van der Waals surface area contributed by atoms with Crippen molar-refractivity contribution in [3.8, 4) is 0 Å². The van der Waals surface area contributed by atoms with Crippen molar-refractivity contribution >= 4 is 18.0 Å². The van der Waals surface area contributed by atoms with E-state index in [0.29, 0.717) is 44.0 Å². The molecule has 1 fully saturated rings. The Hall–Kier alpha value is -3.14. The Bertz CT molecular complexity index is 966. The quantitative estimate of drug-likeness (QED) is 0.638. The summed E-state index contributed by atoms with van der Waals surface area (Å²) < 4.78 is 19.3. The van der Waals surface area contributed by atoms with Crippen molar-refractivity contribution in [1.82, 2.24) is 25.3 Å². The number of hydrogen-bond donors (Lipinski definition) is 2. The SMILES string of the molecule is CCOC(=O)C1=C(CN2CCN(C(=O)NC(C)(C)C)CC2)N(C)C(=O)N[C@@H]1c1cccc(F)c1. The van der Waals surface area contributed by atoms with Gasteiger partial charge in [0, 0.05) is 51.0 Å². The summed E-state index contributed by atoms with van der Waals surface area (Å²) in [6, 6.07) is 4.50. The molecule has 1 atom stereocenters. The fourth-order valence-electron chi connectivity index (χ4n) is 4.05. The minimum Gasteiger partial charge on any atom is -0.463 e. The number of amides is 4. The topological polar surface area (TPSA) is 94.2 Å². The van der Waals surface area contributed by atoms with E-state index in [1.54, 1.807) is 31.0 Å². The van der Waals surface area contributed by atoms with Crippen LogP contribution in [0.25, 0.3) is 0 Å². The molecule has 2 heterocycles. The molecule has 2 aliphatic heterocycles. The Balaban J connectivity index is 1.85. The first-order valence-corrected chi connectivity index (χ1v) is 11.5. The lowest BCUT2D eigenvalue weighted by atomic mass is 9.94. The van der Waals surface area contributed by atoms with Gasteiger partial charge < -0.3 is 20.3 Å². The molecule has 2 N–H and O–H groups in total. The predicted molar refractivity (Wildman–Crippen MR) is 125 cm³/mol. The first kappa shape index (κ1) is 25.5. The number of piperazine rings is 1. The maximum absolute atomic E-state index is 13.9. The van der Waals surface area contributed by atoms with Gasteiger partial charge in [0.25, 0.3) is 0 Å². The third-order valence-electron chi connectivity index (χ3n) is 5.77. The second kappa shape index (κ2) is 10.4. The van der Waals surface area contributed by atoms with E-state index >= 15 is 0 Å². The van der Waals surface area contributed by atoms with Crippen LogP contribution in [0, 0.1) is 5.82 Å². The lowest BCUT2D eigenvalue weighted by Crippen LogP contribution is -2.56. The first-order valence-electron chi connectivity index (χ1n) is 11.5. The Morgan fingerprint density at radius 1 is 1.21 bits per heavy atom. The second-order valence-corrected chi connectivity index (χ2v) is 9.52. The number of nitrogens with one attached hydrogen (secondary N) is 2. The molecule has 3 rings (SSSR count). The van der Waals surface area contributed by atoms with Gasteiger partial charge in [-0.15, -0.1) is 0 Å². The summed E-state index contributed by atoms with van der Waals surface area (Å²) in [7, 11) is 1.60. The average Bonchev–Trinajstić information content (AvgIpc) is 2.76. The molecule has 0 aliphatic carbocycles. The lowest BCUT2D eigenvalue weighted by Gasteiger charge is -2.40. The molecular weight excluding hydrogens is 441 g/mol. The molecule has 1 aromatic rings. The molecule has 0 bridgehead atoms. The molecule has 0 spiro atoms. The monoisotopic (exact) mass is 475 g/mol. The van der Waals surface area contributed by atoms with Gasteiger partial charge in [-0.25, -0.2) is 18.8 Å². The van der Waals surface area contributed by atoms with E-state index < -0.39 is 17.8 Å². The molecule has 10 heteroatoms. The van der Waals surface area contributed by atoms with E-state index in [4.69, 9.17) is 4.74 Å². The number of carbonyl (C=O) groups is 3. The Morgan fingerprint density at radius 3 is 2.47 bits per heavy atom. The molecule has 1 saturated heterocycles. The van der Waals surface area contributed by atoms with Crippen molar-refractivity contribution in [2.24, 2.45) is 0 Å². The van der Waals surface area contributed by atoms with Gasteiger partial charge in [0.1, 0.15) is 5.82 Å². The van der Waals surface area contributed by atoms with Crippen molar-refractivity contribution < 1.29 is 23.5 Å². The van der Waals surface area contributed by atoms with E-state index in [-0.39, 0.29) is 29.8 Å². The summed E-state index contributed by atoms with van der Waals surface area (Å²) >= 11 is 0. The molecule has 9 nitrogen and oxygen atoms in total. The average molecular weight is 476 g/mol. The number of hydrogen-bond acceptors (Lipinski definition) is 5. The van der Waals surface area contributed by atoms with E-state index in [2.05, 4.69) is 15.5 Å². The van der Waals surface area contributed by atoms with Crippen LogP contribution in [0.2, 0.25) is 0 Å². The minimum atomic E-state index is -0.827. The van der Waals surface area contributed by atoms with Gasteiger partial charge in [0.2, 0.25) is 0 Å². The number of urea groups is 2. The third kappa shape index (κ3) is 6.05. The number of ether oxygens (including phenoxy) is 1. The maximum atomic E-state index is 13.9. The highest BCUT2D eigenvalue weighted by atomic mass is 19.1. The number of esters is 1. The number of carbonyl (C=O) groups excluding carboxylic acids is 3. The Kier molecular flexibility index (Phi) is 7.81. The zero-order valence-electron chi connectivity index (χ0n) is 20.5. The summed E-state index contributed by atoms with van der Waals surface area (Å²) in [6.07, 6.45) is 0. The van der Waals surface area contributed by atoms with Crippen molar-refractivity contribution in [3.05, 3.63) is 46.9 Å². The molecule has 2 aliphatic rings. The highest BCUT2D eigenvalue weighted by molar-refractivity contribution is 5.95. The zero-order chi connectivity index (χ0) is 25.0. The maximum Gasteiger partial charge on any atom is 0.338 e. The summed E-state index contributed by atoms with van der Waals surface area (Å²) in [5.74, 6) is -1.01. The van der Waals surface area contributed by atoms with Gasteiger partial charge in [-0.3, -0.25) is 9.80 Å². The van der Waals surface area contributed by atoms with Gasteiger partial charge in [-0.1, -0.05) is 12.1 Å². The number of halogens is 1. The van der Waals surface area contributed by atoms with Gasteiger partial charge in [0.05, 0.1) is 18.2 Å². The molecule has 0 aromatic heterocycles. The van der Waals surface area contributed by atoms with Crippen molar-refractivity contribution in [1.29, 1.82) is 0 Å². The van der Waals surface area contributed by atoms with Crippen LogP contribution in [-0.4, -0.2) is 84.6 Å². The number of nitrogens with zero attached hydrogens (tertiary/aromatic N) is 3. The number of rotatable bonds is 5. The van der Waals surface area contributed by atoms with Crippen LogP contribution in [0.1, 0.15) is 39.3 Å². The fourth-order valence-corrected chi connectivity index (χ4v) is 4.05. The van der Waals surface area contributed by atoms with Crippen LogP contribution in [0.4, 0.5) is 14.0 Å². The van der Waals surface area contributed by atoms with Crippen LogP contribution < -0.4 is 10.6 Å². The minimum absolute atomic E-state index is 0.112. The van der Waals surface area contributed by atoms with Gasteiger partial charge in [0.15, 0.2) is 0 Å². The van der Waals surface area contributed by atoms with E-state index in [1.807, 2.05) is 20.8 Å². The van der Waals surface area contributed by atoms with Crippen LogP contribution in [0.15, 0.2) is 35.5 Å². The van der Waals surface area contributed by atoms with E-state index in [1.165, 1.54) is 17.0 Å². The van der Waals surface area contributed by atoms with Crippen LogP contribution in [0.5, 0.6) is 0 Å². The van der Waals surface area contributed by atoms with Crippen LogP contribution >= 0.6 is 0 Å². The van der Waals surface area contributed by atoms with Crippen LogP contribution in [0.3, 0.4) is 0 Å². The molecule has 4 amide bonds. The van der Waals surface area contributed by atoms with Gasteiger partial charge in [-0.05, 0) is 45.4 Å². The van der Waals surface area contributed by atoms with E-state index in [0.717, 1.165) is 0 Å². The molecule has 34 heavy (non-hydrogen) atoms. The first-order chi connectivity index (χ1) is 16.0. The smallest absolute Gasteiger partial charge is 0.338 e. The van der Waals surface area contributed by atoms with Gasteiger partial charge >= 0.3 is 18.0 Å². The number of likely N-dealkylation sites (N-methyl/N-ethyl adjacent to an activating group) is 1. The summed E-state index contributed by atoms with van der Waals surface area (Å²) in [6.45, 7) is 10.2. The normalized spacial score (nSPS) is 19.7. The molecule has 0 saturated carbocycles. The fraction of sp³-hybridized carbons (Fsp3) is 0.542. The molecular formula is C24H34FN5O4. The summed E-state index contributed by atoms with van der Waals surface area (Å²) in [4.78, 5) is 43.5. The molecule has 1 aromatic carbocycles. The molecule has 0 unspecified atom stereocenters. The zero-order valence-corrected chi connectivity index (χ0v) is 20.5. The predicted octanol–water partition coefficient (Wildman–Crippen LogP) is 2.46. The van der Waals surface area contributed by atoms with Gasteiger partial charge in [-0.2, -0.15) is 0 Å². The lowest BCUT2D eigenvalue weighted by molar-refractivity contribution is -0.139. The van der Waals surface area contributed by atoms with E-state index in [9.17, 15) is 18.8 Å². The standard InChI is InChI=1S/C24H34FN5O4/c1-6-34-21(31)19-18(15-29-10-12-30(13-11-29)23(33)27-24(2,3)4)28(5)22(32)26-20(19)16-8-7-9-17(25)14-16/h7-9,14,20H,6,10-13,15H2,1-5H3,(H,26,32)(H,27,33)/t20-/m1/s1. The summed E-state index contributed by atoms with van der Waals surface area (Å²) in [5.41, 5.74) is 0.926. The molecule has 186 valence electrons. The Morgan fingerprint density at radius 2 is 1.88 bits per heavy atom.